The van der Waals surface area contributed by atoms with Crippen LogP contribution in [0.15, 0.2) is 48.0 Å². The fourth-order valence-corrected chi connectivity index (χ4v) is 9.09. The Labute approximate surface area is 302 Å². The Morgan fingerprint density at radius 2 is 1.37 bits per heavy atom. The quantitative estimate of drug-likeness (QED) is 0.0769. The number of aromatic hydroxyl groups is 1. The van der Waals surface area contributed by atoms with Crippen LogP contribution >= 0.6 is 23.2 Å². The van der Waals surface area contributed by atoms with Crippen molar-refractivity contribution in [2.24, 2.45) is 17.8 Å². The number of phenols is 1. The number of hydrogen-bond acceptors (Lipinski definition) is 7. The molecule has 16 heteroatoms. The van der Waals surface area contributed by atoms with Crippen molar-refractivity contribution in [2.75, 3.05) is 24.0 Å². The van der Waals surface area contributed by atoms with E-state index in [-0.39, 0.29) is 34.0 Å². The molecule has 4 amide bonds. The molecule has 4 aliphatic rings. The number of ether oxygens (including phenoxy) is 2. The highest BCUT2D eigenvalue weighted by atomic mass is 35.5. The van der Waals surface area contributed by atoms with Gasteiger partial charge in [0.15, 0.2) is 44.5 Å². The van der Waals surface area contributed by atoms with Crippen LogP contribution in [0.5, 0.6) is 17.2 Å². The van der Waals surface area contributed by atoms with Crippen molar-refractivity contribution in [1.29, 1.82) is 0 Å². The summed E-state index contributed by atoms with van der Waals surface area (Å²) in [6.07, 6.45) is 1.56. The molecule has 6 atom stereocenters. The standard InChI is InChI=1S/C36H27Cl2F5N2O7/c1-4-14-5-7-16(8-6-14)44-31(47)18-10-9-17-19(22(18)32(44)48)13-35(37)33(49)45(29-27(42)25(40)24(39)26(41)28(29)43)34(50)36(35,38)23(17)15-11-20(51-2)30(46)21(12-15)52-3/h5-9,11-12,18-19,22-23,46H,4,10,13H2,1-3H3/t18-,19+,22-,23-,35+,36-/m0/s1. The second-order valence-corrected chi connectivity index (χ2v) is 14.2. The molecule has 9 nitrogen and oxygen atoms in total. The monoisotopic (exact) mass is 764 g/mol. The number of anilines is 2. The van der Waals surface area contributed by atoms with Gasteiger partial charge in [0, 0.05) is 5.92 Å². The maximum Gasteiger partial charge on any atom is 0.258 e. The normalized spacial score (nSPS) is 28.2. The van der Waals surface area contributed by atoms with Crippen molar-refractivity contribution in [1.82, 2.24) is 0 Å². The lowest BCUT2D eigenvalue weighted by Crippen LogP contribution is -2.60. The van der Waals surface area contributed by atoms with E-state index in [1.807, 2.05) is 6.92 Å². The molecular weight excluding hydrogens is 738 g/mol. The van der Waals surface area contributed by atoms with Gasteiger partial charge < -0.3 is 14.6 Å². The van der Waals surface area contributed by atoms with Crippen LogP contribution < -0.4 is 19.3 Å². The van der Waals surface area contributed by atoms with E-state index in [1.54, 1.807) is 30.3 Å². The van der Waals surface area contributed by atoms with Crippen molar-refractivity contribution in [2.45, 2.75) is 41.9 Å². The number of imide groups is 2. The Morgan fingerprint density at radius 1 is 0.808 bits per heavy atom. The molecule has 0 aromatic heterocycles. The fraction of sp³-hybridized carbons (Fsp3) is 0.333. The summed E-state index contributed by atoms with van der Waals surface area (Å²) in [4.78, 5) is 52.4. The van der Waals surface area contributed by atoms with E-state index in [4.69, 9.17) is 32.7 Å². The van der Waals surface area contributed by atoms with E-state index in [1.165, 1.54) is 26.4 Å². The first-order chi connectivity index (χ1) is 24.6. The molecule has 2 aliphatic heterocycles. The van der Waals surface area contributed by atoms with Gasteiger partial charge in [0.1, 0.15) is 5.69 Å². The largest absolute Gasteiger partial charge is 0.502 e. The highest BCUT2D eigenvalue weighted by Gasteiger charge is 2.77. The number of phenolic OH excluding ortho intramolecular Hbond substituents is 1. The van der Waals surface area contributed by atoms with Crippen LogP contribution in [0, 0.1) is 46.8 Å². The number of rotatable bonds is 6. The van der Waals surface area contributed by atoms with E-state index in [0.29, 0.717) is 12.1 Å². The molecule has 3 fully saturated rings. The number of aryl methyl sites for hydroxylation is 1. The molecule has 1 saturated carbocycles. The van der Waals surface area contributed by atoms with Gasteiger partial charge in [-0.25, -0.2) is 26.9 Å². The molecular formula is C36H27Cl2F5N2O7. The summed E-state index contributed by atoms with van der Waals surface area (Å²) >= 11 is 14.4. The topological polar surface area (TPSA) is 113 Å². The first-order valence-electron chi connectivity index (χ1n) is 16.0. The molecule has 7 rings (SSSR count). The molecule has 0 radical (unpaired) electrons. The number of benzene rings is 3. The molecule has 0 unspecified atom stereocenters. The van der Waals surface area contributed by atoms with E-state index in [9.17, 15) is 37.5 Å². The third kappa shape index (κ3) is 4.52. The molecule has 52 heavy (non-hydrogen) atoms. The number of carbonyl (C=O) groups is 4. The molecule has 2 saturated heterocycles. The van der Waals surface area contributed by atoms with Gasteiger partial charge in [-0.15, -0.1) is 23.2 Å². The van der Waals surface area contributed by atoms with E-state index in [0.717, 1.165) is 10.5 Å². The zero-order valence-corrected chi connectivity index (χ0v) is 28.9. The van der Waals surface area contributed by atoms with Gasteiger partial charge in [-0.3, -0.25) is 24.1 Å². The SMILES string of the molecule is CCc1ccc(N2C(=O)[C@H]3[C@H](CC=C4[C@H]3C[C@@]3(Cl)C(=O)N(c5c(F)c(F)c(F)c(F)c5F)C(=O)[C@@]3(Cl)[C@H]4c3cc(OC)c(O)c(OC)c3)C2=O)cc1. The average Bonchev–Trinajstić information content (AvgIpc) is 3.48. The Balaban J connectivity index is 1.45. The molecule has 1 N–H and O–H groups in total. The summed E-state index contributed by atoms with van der Waals surface area (Å²) in [6, 6.07) is 9.23. The van der Waals surface area contributed by atoms with Gasteiger partial charge >= 0.3 is 0 Å². The lowest BCUT2D eigenvalue weighted by Gasteiger charge is -2.50. The number of carbonyl (C=O) groups excluding carboxylic acids is 4. The van der Waals surface area contributed by atoms with Crippen LogP contribution in [0.2, 0.25) is 0 Å². The Morgan fingerprint density at radius 3 is 1.90 bits per heavy atom. The lowest BCUT2D eigenvalue weighted by molar-refractivity contribution is -0.125. The minimum Gasteiger partial charge on any atom is -0.502 e. The zero-order chi connectivity index (χ0) is 37.8. The van der Waals surface area contributed by atoms with Gasteiger partial charge in [0.25, 0.3) is 11.8 Å². The lowest BCUT2D eigenvalue weighted by atomic mass is 9.56. The van der Waals surface area contributed by atoms with Crippen molar-refractivity contribution in [3.8, 4) is 17.2 Å². The predicted molar refractivity (Wildman–Crippen MR) is 176 cm³/mol. The molecule has 2 aliphatic carbocycles. The Hall–Kier alpha value is -4.69. The minimum absolute atomic E-state index is 0.00474. The summed E-state index contributed by atoms with van der Waals surface area (Å²) in [5.41, 5.74) is -0.411. The van der Waals surface area contributed by atoms with Gasteiger partial charge in [0.2, 0.25) is 23.4 Å². The second-order valence-electron chi connectivity index (χ2n) is 13.0. The zero-order valence-electron chi connectivity index (χ0n) is 27.4. The molecule has 3 aromatic carbocycles. The van der Waals surface area contributed by atoms with Crippen LogP contribution in [0.1, 0.15) is 36.8 Å². The summed E-state index contributed by atoms with van der Waals surface area (Å²) in [5.74, 6) is -22.5. The van der Waals surface area contributed by atoms with Crippen molar-refractivity contribution < 1.29 is 55.7 Å². The van der Waals surface area contributed by atoms with Crippen molar-refractivity contribution in [3.63, 3.8) is 0 Å². The van der Waals surface area contributed by atoms with E-state index < -0.39 is 104 Å². The molecule has 272 valence electrons. The third-order valence-corrected chi connectivity index (χ3v) is 12.1. The first-order valence-corrected chi connectivity index (χ1v) is 16.7. The van der Waals surface area contributed by atoms with Gasteiger partial charge in [-0.2, -0.15) is 0 Å². The van der Waals surface area contributed by atoms with Gasteiger partial charge in [-0.1, -0.05) is 30.7 Å². The van der Waals surface area contributed by atoms with Gasteiger partial charge in [-0.05, 0) is 60.6 Å². The summed E-state index contributed by atoms with van der Waals surface area (Å²) < 4.78 is 84.3. The second kappa shape index (κ2) is 12.2. The van der Waals surface area contributed by atoms with E-state index >= 15 is 8.78 Å². The number of allylic oxidation sites excluding steroid dienone is 2. The number of halogens is 7. The van der Waals surface area contributed by atoms with Crippen LogP contribution in [0.4, 0.5) is 33.3 Å². The molecule has 0 bridgehead atoms. The smallest absolute Gasteiger partial charge is 0.258 e. The Kier molecular flexibility index (Phi) is 8.37. The predicted octanol–water partition coefficient (Wildman–Crippen LogP) is 6.44. The minimum atomic E-state index is -2.75. The number of nitrogens with zero attached hydrogens (tertiary/aromatic N) is 2. The average molecular weight is 766 g/mol. The molecule has 0 spiro atoms. The van der Waals surface area contributed by atoms with Crippen molar-refractivity contribution >= 4 is 58.2 Å². The summed E-state index contributed by atoms with van der Waals surface area (Å²) in [5, 5.41) is 10.7. The molecule has 2 heterocycles. The number of amides is 4. The van der Waals surface area contributed by atoms with Crippen LogP contribution in [0.25, 0.3) is 0 Å². The highest BCUT2D eigenvalue weighted by Crippen LogP contribution is 2.66. The maximum atomic E-state index is 15.3. The summed E-state index contributed by atoms with van der Waals surface area (Å²) in [6.45, 7) is 1.93. The van der Waals surface area contributed by atoms with Crippen molar-refractivity contribution in [3.05, 3.63) is 88.3 Å². The first kappa shape index (κ1) is 35.7. The highest BCUT2D eigenvalue weighted by molar-refractivity contribution is 6.58. The number of hydrogen-bond donors (Lipinski definition) is 1. The summed E-state index contributed by atoms with van der Waals surface area (Å²) in [7, 11) is 2.41. The number of alkyl halides is 2. The van der Waals surface area contributed by atoms with Gasteiger partial charge in [0.05, 0.1) is 31.7 Å². The Bertz CT molecular complexity index is 2100. The van der Waals surface area contributed by atoms with Crippen LogP contribution in [0.3, 0.4) is 0 Å². The number of methoxy groups -OCH3 is 2. The number of fused-ring (bicyclic) bond motifs is 4. The fourth-order valence-electron chi connectivity index (χ4n) is 8.16. The van der Waals surface area contributed by atoms with E-state index in [2.05, 4.69) is 0 Å². The maximum absolute atomic E-state index is 15.3. The van der Waals surface area contributed by atoms with Crippen LogP contribution in [-0.4, -0.2) is 52.7 Å². The molecule has 3 aromatic rings. The van der Waals surface area contributed by atoms with Crippen LogP contribution in [-0.2, 0) is 25.6 Å². The third-order valence-electron chi connectivity index (χ3n) is 10.7.